The topological polar surface area (TPSA) is 62.7 Å². The number of aromatic nitrogens is 3. The molecule has 0 radical (unpaired) electrons. The molecule has 1 unspecified atom stereocenters. The molecule has 0 spiro atoms. The average molecular weight is 425 g/mol. The Hall–Kier alpha value is -3.34. The molecule has 2 fully saturated rings. The second kappa shape index (κ2) is 7.37. The zero-order valence-corrected chi connectivity index (χ0v) is 18.3. The number of amides is 1. The monoisotopic (exact) mass is 424 g/mol. The van der Waals surface area contributed by atoms with Crippen molar-refractivity contribution < 1.29 is 4.79 Å². The van der Waals surface area contributed by atoms with Gasteiger partial charge in [-0.25, -0.2) is 4.98 Å². The fourth-order valence-corrected chi connectivity index (χ4v) is 5.05. The summed E-state index contributed by atoms with van der Waals surface area (Å²) < 4.78 is 2.27. The number of nitrogens with one attached hydrogen (secondary N) is 2. The molecule has 0 aliphatic heterocycles. The van der Waals surface area contributed by atoms with Gasteiger partial charge in [0.15, 0.2) is 0 Å². The van der Waals surface area contributed by atoms with E-state index in [-0.39, 0.29) is 17.4 Å². The van der Waals surface area contributed by atoms with Crippen LogP contribution in [0.2, 0.25) is 0 Å². The molecule has 2 aromatic carbocycles. The lowest BCUT2D eigenvalue weighted by molar-refractivity contribution is -0.125. The Labute approximate surface area is 187 Å². The van der Waals surface area contributed by atoms with Gasteiger partial charge in [0.25, 0.3) is 0 Å². The number of imidazole rings is 1. The van der Waals surface area contributed by atoms with Crippen LogP contribution in [0.3, 0.4) is 0 Å². The first-order valence-electron chi connectivity index (χ1n) is 11.6. The van der Waals surface area contributed by atoms with Crippen molar-refractivity contribution in [3.63, 3.8) is 0 Å². The van der Waals surface area contributed by atoms with Gasteiger partial charge in [0.1, 0.15) is 0 Å². The van der Waals surface area contributed by atoms with Crippen molar-refractivity contribution in [1.82, 2.24) is 19.9 Å². The van der Waals surface area contributed by atoms with Crippen LogP contribution in [0, 0.1) is 5.92 Å². The lowest BCUT2D eigenvalue weighted by Crippen LogP contribution is -2.38. The molecule has 2 heterocycles. The van der Waals surface area contributed by atoms with Gasteiger partial charge in [-0.2, -0.15) is 0 Å². The molecule has 4 aromatic rings. The van der Waals surface area contributed by atoms with E-state index in [2.05, 4.69) is 75.3 Å². The van der Waals surface area contributed by atoms with Gasteiger partial charge in [0, 0.05) is 29.2 Å². The Morgan fingerprint density at radius 3 is 2.66 bits per heavy atom. The fourth-order valence-electron chi connectivity index (χ4n) is 5.05. The second-order valence-corrected chi connectivity index (χ2v) is 9.76. The first-order chi connectivity index (χ1) is 15.6. The maximum absolute atomic E-state index is 12.7. The van der Waals surface area contributed by atoms with Crippen molar-refractivity contribution in [3.8, 4) is 22.4 Å². The number of carbonyl (C=O) groups is 1. The van der Waals surface area contributed by atoms with E-state index in [4.69, 9.17) is 0 Å². The van der Waals surface area contributed by atoms with E-state index in [9.17, 15) is 4.79 Å². The minimum absolute atomic E-state index is 0.0582. The number of aromatic amines is 1. The van der Waals surface area contributed by atoms with Gasteiger partial charge in [-0.15, -0.1) is 0 Å². The fraction of sp³-hybridized carbons (Fsp3) is 0.333. The molecule has 2 aromatic heterocycles. The van der Waals surface area contributed by atoms with Gasteiger partial charge in [-0.05, 0) is 79.3 Å². The van der Waals surface area contributed by atoms with Crippen molar-refractivity contribution in [3.05, 3.63) is 67.3 Å². The SMILES string of the molecule is CC1(NC(=O)[C@H]2CCC(n3cncc3-c3ccc(-c4ccc5[nH]ccc5c4)cc3)C2)CC1. The highest BCUT2D eigenvalue weighted by Gasteiger charge is 2.41. The van der Waals surface area contributed by atoms with Crippen LogP contribution in [-0.4, -0.2) is 26.0 Å². The molecule has 2 atom stereocenters. The van der Waals surface area contributed by atoms with E-state index in [0.717, 1.165) is 48.9 Å². The van der Waals surface area contributed by atoms with Crippen LogP contribution in [0.4, 0.5) is 0 Å². The van der Waals surface area contributed by atoms with E-state index >= 15 is 0 Å². The van der Waals surface area contributed by atoms with Gasteiger partial charge in [-0.1, -0.05) is 30.3 Å². The van der Waals surface area contributed by atoms with Gasteiger partial charge < -0.3 is 14.9 Å². The Morgan fingerprint density at radius 1 is 1.06 bits per heavy atom. The number of fused-ring (bicyclic) bond motifs is 1. The first kappa shape index (κ1) is 19.4. The van der Waals surface area contributed by atoms with Crippen molar-refractivity contribution in [1.29, 1.82) is 0 Å². The third-order valence-corrected chi connectivity index (χ3v) is 7.33. The predicted octanol–water partition coefficient (Wildman–Crippen LogP) is 5.71. The number of benzene rings is 2. The summed E-state index contributed by atoms with van der Waals surface area (Å²) in [6.45, 7) is 2.14. The third-order valence-electron chi connectivity index (χ3n) is 7.33. The molecule has 0 saturated heterocycles. The Bertz CT molecular complexity index is 1280. The van der Waals surface area contributed by atoms with Crippen LogP contribution in [0.25, 0.3) is 33.3 Å². The zero-order chi connectivity index (χ0) is 21.7. The molecule has 5 nitrogen and oxygen atoms in total. The summed E-state index contributed by atoms with van der Waals surface area (Å²) in [5, 5.41) is 4.47. The molecule has 5 heteroatoms. The summed E-state index contributed by atoms with van der Waals surface area (Å²) >= 11 is 0. The average Bonchev–Trinajstić information content (AvgIpc) is 3.28. The van der Waals surface area contributed by atoms with E-state index in [0.29, 0.717) is 6.04 Å². The van der Waals surface area contributed by atoms with Crippen molar-refractivity contribution in [2.24, 2.45) is 5.92 Å². The number of hydrogen-bond acceptors (Lipinski definition) is 2. The molecule has 2 aliphatic rings. The molecule has 2 aliphatic carbocycles. The quantitative estimate of drug-likeness (QED) is 0.431. The summed E-state index contributed by atoms with van der Waals surface area (Å²) in [5.41, 5.74) is 5.91. The van der Waals surface area contributed by atoms with Crippen LogP contribution in [0.15, 0.2) is 67.3 Å². The van der Waals surface area contributed by atoms with Gasteiger partial charge in [0.05, 0.1) is 18.2 Å². The summed E-state index contributed by atoms with van der Waals surface area (Å²) in [4.78, 5) is 20.4. The van der Waals surface area contributed by atoms with E-state index < -0.39 is 0 Å². The number of nitrogens with zero attached hydrogens (tertiary/aromatic N) is 2. The van der Waals surface area contributed by atoms with Crippen LogP contribution in [0.5, 0.6) is 0 Å². The van der Waals surface area contributed by atoms with Crippen molar-refractivity contribution in [2.45, 2.75) is 50.6 Å². The molecule has 0 bridgehead atoms. The molecule has 162 valence electrons. The minimum Gasteiger partial charge on any atom is -0.361 e. The lowest BCUT2D eigenvalue weighted by atomic mass is 10.0. The van der Waals surface area contributed by atoms with Crippen molar-refractivity contribution in [2.75, 3.05) is 0 Å². The predicted molar refractivity (Wildman–Crippen MR) is 127 cm³/mol. The largest absolute Gasteiger partial charge is 0.361 e. The van der Waals surface area contributed by atoms with Crippen LogP contribution in [-0.2, 0) is 4.79 Å². The van der Waals surface area contributed by atoms with Gasteiger partial charge >= 0.3 is 0 Å². The number of carbonyl (C=O) groups excluding carboxylic acids is 1. The Morgan fingerprint density at radius 2 is 1.84 bits per heavy atom. The highest BCUT2D eigenvalue weighted by atomic mass is 16.2. The Kier molecular flexibility index (Phi) is 4.46. The van der Waals surface area contributed by atoms with Crippen LogP contribution in [0.1, 0.15) is 45.1 Å². The highest BCUT2D eigenvalue weighted by Crippen LogP contribution is 2.40. The molecular formula is C27H28N4O. The van der Waals surface area contributed by atoms with Crippen LogP contribution >= 0.6 is 0 Å². The standard InChI is InChI=1S/C27H28N4O/c1-27(11-12-27)30-26(32)22-6-8-23(15-22)31-17-28-16-25(31)19-4-2-18(3-5-19)20-7-9-24-21(14-20)10-13-29-24/h2-5,7,9-10,13-14,16-17,22-23,29H,6,8,11-12,15H2,1H3,(H,30,32)/t22-,23?/m0/s1. The molecule has 6 rings (SSSR count). The second-order valence-electron chi connectivity index (χ2n) is 9.76. The molecular weight excluding hydrogens is 396 g/mol. The lowest BCUT2D eigenvalue weighted by Gasteiger charge is -2.18. The summed E-state index contributed by atoms with van der Waals surface area (Å²) in [5.74, 6) is 0.344. The molecule has 1 amide bonds. The van der Waals surface area contributed by atoms with E-state index in [1.54, 1.807) is 0 Å². The zero-order valence-electron chi connectivity index (χ0n) is 18.3. The molecule has 2 N–H and O–H groups in total. The van der Waals surface area contributed by atoms with Crippen LogP contribution < -0.4 is 5.32 Å². The third kappa shape index (κ3) is 3.52. The summed E-state index contributed by atoms with van der Waals surface area (Å²) in [6, 6.07) is 17.7. The van der Waals surface area contributed by atoms with E-state index in [1.807, 2.05) is 18.7 Å². The number of rotatable bonds is 5. The summed E-state index contributed by atoms with van der Waals surface area (Å²) in [6.07, 6.45) is 10.9. The normalized spacial score (nSPS) is 21.7. The van der Waals surface area contributed by atoms with Gasteiger partial charge in [0.2, 0.25) is 5.91 Å². The number of H-pyrrole nitrogens is 1. The molecule has 2 saturated carbocycles. The highest BCUT2D eigenvalue weighted by molar-refractivity contribution is 5.85. The van der Waals surface area contributed by atoms with E-state index in [1.165, 1.54) is 16.5 Å². The van der Waals surface area contributed by atoms with Gasteiger partial charge in [-0.3, -0.25) is 4.79 Å². The first-order valence-corrected chi connectivity index (χ1v) is 11.6. The maximum atomic E-state index is 12.7. The maximum Gasteiger partial charge on any atom is 0.223 e. The minimum atomic E-state index is 0.0582. The Balaban J connectivity index is 1.20. The smallest absolute Gasteiger partial charge is 0.223 e. The molecule has 32 heavy (non-hydrogen) atoms. The number of hydrogen-bond donors (Lipinski definition) is 2. The summed E-state index contributed by atoms with van der Waals surface area (Å²) in [7, 11) is 0. The van der Waals surface area contributed by atoms with Crippen molar-refractivity contribution >= 4 is 16.8 Å².